The van der Waals surface area contributed by atoms with Crippen molar-refractivity contribution in [2.75, 3.05) is 0 Å². The van der Waals surface area contributed by atoms with Crippen LogP contribution in [-0.4, -0.2) is 13.1 Å². The molecule has 5 rings (SSSR count). The zero-order chi connectivity index (χ0) is 23.0. The smallest absolute Gasteiger partial charge is 0.123 e. The van der Waals surface area contributed by atoms with E-state index >= 15 is 0 Å². The van der Waals surface area contributed by atoms with Gasteiger partial charge in [-0.3, -0.25) is 4.98 Å². The number of rotatable bonds is 4. The van der Waals surface area contributed by atoms with Gasteiger partial charge < -0.3 is 0 Å². The van der Waals surface area contributed by atoms with Crippen molar-refractivity contribution >= 4 is 24.2 Å². The maximum Gasteiger partial charge on any atom is 0.123 e. The van der Waals surface area contributed by atoms with Gasteiger partial charge in [0.25, 0.3) is 0 Å². The number of fused-ring (bicyclic) bond motifs is 1. The fourth-order valence-corrected chi connectivity index (χ4v) is 5.29. The van der Waals surface area contributed by atoms with E-state index in [4.69, 9.17) is 4.98 Å². The zero-order valence-electron chi connectivity index (χ0n) is 19.1. The molecule has 33 heavy (non-hydrogen) atoms. The molecule has 0 atom stereocenters. The van der Waals surface area contributed by atoms with Gasteiger partial charge >= 0.3 is 0 Å². The van der Waals surface area contributed by atoms with Gasteiger partial charge in [0.05, 0.1) is 13.6 Å². The van der Waals surface area contributed by atoms with Gasteiger partial charge in [-0.05, 0) is 52.1 Å². The monoisotopic (exact) mass is 447 g/mol. The number of pyridine rings is 1. The van der Waals surface area contributed by atoms with E-state index in [2.05, 4.69) is 92.4 Å². The lowest BCUT2D eigenvalue weighted by atomic mass is 9.99. The van der Waals surface area contributed by atoms with Crippen LogP contribution in [0.15, 0.2) is 103 Å². The Morgan fingerprint density at radius 3 is 1.64 bits per heavy atom. The Hall–Kier alpha value is -3.56. The molecule has 162 valence electrons. The molecule has 0 aliphatic rings. The molecule has 3 heteroatoms. The molecule has 0 N–H and O–H groups in total. The Balaban J connectivity index is 1.41. The van der Waals surface area contributed by atoms with Gasteiger partial charge in [0.15, 0.2) is 0 Å². The van der Waals surface area contributed by atoms with E-state index in [1.54, 1.807) is 12.1 Å². The summed E-state index contributed by atoms with van der Waals surface area (Å²) in [5, 5.41) is 2.60. The van der Waals surface area contributed by atoms with Crippen molar-refractivity contribution in [2.45, 2.75) is 19.6 Å². The van der Waals surface area contributed by atoms with Crippen molar-refractivity contribution in [1.82, 2.24) is 4.98 Å². The highest BCUT2D eigenvalue weighted by Crippen LogP contribution is 2.29. The maximum absolute atomic E-state index is 13.2. The molecule has 0 saturated heterocycles. The molecular formula is C30H26FNSi. The first-order chi connectivity index (χ1) is 15.9. The fraction of sp³-hybridized carbons (Fsp3) is 0.100. The van der Waals surface area contributed by atoms with Crippen molar-refractivity contribution in [3.8, 4) is 33.4 Å². The quantitative estimate of drug-likeness (QED) is 0.255. The van der Waals surface area contributed by atoms with Crippen LogP contribution in [0.3, 0.4) is 0 Å². The summed E-state index contributed by atoms with van der Waals surface area (Å²) in [4.78, 5) is 4.76. The second kappa shape index (κ2) is 8.42. The number of halogens is 1. The van der Waals surface area contributed by atoms with Gasteiger partial charge in [0, 0.05) is 17.1 Å². The van der Waals surface area contributed by atoms with Crippen LogP contribution < -0.4 is 5.19 Å². The molecule has 5 aromatic rings. The van der Waals surface area contributed by atoms with Crippen molar-refractivity contribution in [1.29, 1.82) is 0 Å². The predicted molar refractivity (Wildman–Crippen MR) is 141 cm³/mol. The molecule has 0 spiro atoms. The summed E-state index contributed by atoms with van der Waals surface area (Å²) < 4.78 is 13.2. The fourth-order valence-electron chi connectivity index (χ4n) is 4.12. The maximum atomic E-state index is 13.2. The molecule has 4 aromatic carbocycles. The molecule has 0 saturated carbocycles. The minimum Gasteiger partial charge on any atom is -0.256 e. The van der Waals surface area contributed by atoms with Gasteiger partial charge in [-0.15, -0.1) is 0 Å². The summed E-state index contributed by atoms with van der Waals surface area (Å²) in [6, 6.07) is 32.6. The minimum absolute atomic E-state index is 0.218. The largest absolute Gasteiger partial charge is 0.256 e. The molecule has 1 heterocycles. The SMILES string of the molecule is C[Si](C)(C)c1ccc(-c2ccc3cc(-c4ccc(-c5ccc(F)cc5)cc4)cnc3c2)cc1. The molecule has 0 amide bonds. The molecule has 0 fully saturated rings. The predicted octanol–water partition coefficient (Wildman–Crippen LogP) is 7.92. The van der Waals surface area contributed by atoms with Crippen LogP contribution in [0, 0.1) is 5.82 Å². The topological polar surface area (TPSA) is 12.9 Å². The Morgan fingerprint density at radius 2 is 1.03 bits per heavy atom. The van der Waals surface area contributed by atoms with Gasteiger partial charge in [-0.25, -0.2) is 4.39 Å². The van der Waals surface area contributed by atoms with Gasteiger partial charge in [-0.2, -0.15) is 0 Å². The van der Waals surface area contributed by atoms with Crippen molar-refractivity contribution in [3.63, 3.8) is 0 Å². The highest BCUT2D eigenvalue weighted by Gasteiger charge is 2.15. The van der Waals surface area contributed by atoms with Crippen molar-refractivity contribution in [2.24, 2.45) is 0 Å². The summed E-state index contributed by atoms with van der Waals surface area (Å²) in [5.74, 6) is -0.218. The van der Waals surface area contributed by atoms with Crippen molar-refractivity contribution in [3.05, 3.63) is 109 Å². The average molecular weight is 448 g/mol. The van der Waals surface area contributed by atoms with Crippen LogP contribution in [0.2, 0.25) is 19.6 Å². The van der Waals surface area contributed by atoms with Crippen LogP contribution in [-0.2, 0) is 0 Å². The number of nitrogens with zero attached hydrogens (tertiary/aromatic N) is 1. The molecule has 0 aliphatic carbocycles. The number of hydrogen-bond donors (Lipinski definition) is 0. The highest BCUT2D eigenvalue weighted by molar-refractivity contribution is 6.88. The lowest BCUT2D eigenvalue weighted by molar-refractivity contribution is 0.628. The number of aromatic nitrogens is 1. The molecule has 1 aromatic heterocycles. The Labute approximate surface area is 195 Å². The number of benzene rings is 4. The second-order valence-corrected chi connectivity index (χ2v) is 14.6. The molecule has 0 aliphatic heterocycles. The third-order valence-corrected chi connectivity index (χ3v) is 8.23. The minimum atomic E-state index is -1.29. The van der Waals surface area contributed by atoms with Crippen molar-refractivity contribution < 1.29 is 4.39 Å². The van der Waals surface area contributed by atoms with Crippen LogP contribution in [0.25, 0.3) is 44.3 Å². The van der Waals surface area contributed by atoms with E-state index in [9.17, 15) is 4.39 Å². The average Bonchev–Trinajstić information content (AvgIpc) is 2.83. The Morgan fingerprint density at radius 1 is 0.545 bits per heavy atom. The van der Waals surface area contributed by atoms with E-state index in [0.717, 1.165) is 33.2 Å². The number of hydrogen-bond acceptors (Lipinski definition) is 1. The third kappa shape index (κ3) is 4.50. The van der Waals surface area contributed by atoms with Crippen LogP contribution in [0.1, 0.15) is 0 Å². The summed E-state index contributed by atoms with van der Waals surface area (Å²) in [6.07, 6.45) is 1.94. The first-order valence-corrected chi connectivity index (χ1v) is 14.7. The van der Waals surface area contributed by atoms with Crippen LogP contribution >= 0.6 is 0 Å². The Bertz CT molecular complexity index is 1410. The van der Waals surface area contributed by atoms with Gasteiger partial charge in [-0.1, -0.05) is 97.6 Å². The first-order valence-electron chi connectivity index (χ1n) is 11.2. The normalized spacial score (nSPS) is 11.6. The standard InChI is InChI=1S/C30H26FNSi/c1-33(2,3)29-16-12-23(13-17-29)25-8-9-26-18-27(20-32-30(26)19-25)24-6-4-21(5-7-24)22-10-14-28(31)15-11-22/h4-20H,1-3H3. The second-order valence-electron chi connectivity index (χ2n) is 9.54. The molecule has 0 unspecified atom stereocenters. The van der Waals surface area contributed by atoms with Gasteiger partial charge in [0.2, 0.25) is 0 Å². The van der Waals surface area contributed by atoms with E-state index in [1.807, 2.05) is 6.20 Å². The molecule has 1 nitrogen and oxygen atoms in total. The Kier molecular flexibility index (Phi) is 5.43. The van der Waals surface area contributed by atoms with Gasteiger partial charge in [0.1, 0.15) is 5.82 Å². The van der Waals surface area contributed by atoms with Crippen LogP contribution in [0.5, 0.6) is 0 Å². The van der Waals surface area contributed by atoms with E-state index < -0.39 is 8.07 Å². The summed E-state index contributed by atoms with van der Waals surface area (Å²) in [5.41, 5.74) is 7.67. The van der Waals surface area contributed by atoms with E-state index in [-0.39, 0.29) is 5.82 Å². The highest BCUT2D eigenvalue weighted by atomic mass is 28.3. The molecule has 0 radical (unpaired) electrons. The first kappa shape index (κ1) is 21.3. The third-order valence-electron chi connectivity index (χ3n) is 6.16. The van der Waals surface area contributed by atoms with E-state index in [1.165, 1.54) is 28.4 Å². The summed E-state index contributed by atoms with van der Waals surface area (Å²) in [6.45, 7) is 7.11. The van der Waals surface area contributed by atoms with E-state index in [0.29, 0.717) is 0 Å². The van der Waals surface area contributed by atoms with Crippen LogP contribution in [0.4, 0.5) is 4.39 Å². The summed E-state index contributed by atoms with van der Waals surface area (Å²) >= 11 is 0. The summed E-state index contributed by atoms with van der Waals surface area (Å²) in [7, 11) is -1.29. The molecular weight excluding hydrogens is 421 g/mol. The zero-order valence-corrected chi connectivity index (χ0v) is 20.1. The molecule has 0 bridgehead atoms. The lowest BCUT2D eigenvalue weighted by Gasteiger charge is -2.16. The lowest BCUT2D eigenvalue weighted by Crippen LogP contribution is -2.37.